The number of aromatic nitrogens is 7. The van der Waals surface area contributed by atoms with Crippen LogP contribution in [0.25, 0.3) is 33.8 Å². The lowest BCUT2D eigenvalue weighted by atomic mass is 9.80. The molecule has 2 aromatic carbocycles. The Balaban J connectivity index is 0.000000172. The summed E-state index contributed by atoms with van der Waals surface area (Å²) in [4.78, 5) is 76.1. The predicted octanol–water partition coefficient (Wildman–Crippen LogP) is 11.9. The van der Waals surface area contributed by atoms with Gasteiger partial charge in [-0.05, 0) is 183 Å². The Morgan fingerprint density at radius 3 is 1.28 bits per heavy atom. The summed E-state index contributed by atoms with van der Waals surface area (Å²) < 4.78 is 135. The molecular formula is C83H100F2N16O13S3. The van der Waals surface area contributed by atoms with E-state index in [0.717, 1.165) is 24.8 Å². The summed E-state index contributed by atoms with van der Waals surface area (Å²) in [5.74, 6) is 1.12. The van der Waals surface area contributed by atoms with Gasteiger partial charge in [0.05, 0.1) is 53.1 Å². The first-order chi connectivity index (χ1) is 55.2. The van der Waals surface area contributed by atoms with Crippen molar-refractivity contribution in [3.05, 3.63) is 174 Å². The standard InChI is InChI=1S/C29H36FN5O4S.C28H32FN5O4S.C26H32N6O5S/c1-18(2)17-39-22-14-19(13-21(30)15-22)24-10-9-23(27(32-24)35-12-11-20(16-35)29(3,4)5)28(36)34-40(37,38)26-8-6-7-25(31)33-26;1-16(2)15-38-19-11-17(10-18(29)12-19)23-9-8-20(26(31-23)34-13-21-22(14-34)28(21,3)4)27(35)33-39(36,37)25-7-5-6-24(30)32-25;1-17(2)37-23-10-7-19(15-28-23)21-9-8-20(25(29-21)32-13-11-18(12-14-32)16-36-3)26(33)31-38(34,35)24-6-4-5-22(27)30-24/h6-10,13-15,18,20H,11-12,16-17H2,1-5H3,(H2,31,33)(H,34,36);5-12,16,21-22H,13-15H2,1-4H3,(H2,30,32)(H,33,35);4-10,15,17-18H,11-14,16H2,1-3H3,(H2,27,30)(H,31,33). The van der Waals surface area contributed by atoms with Gasteiger partial charge in [0.2, 0.25) is 5.88 Å². The second-order valence-corrected chi connectivity index (χ2v) is 37.0. The van der Waals surface area contributed by atoms with Crippen LogP contribution < -0.4 is 60.3 Å². The number of hydrogen-bond acceptors (Lipinski definition) is 26. The first kappa shape index (κ1) is 86.6. The lowest BCUT2D eigenvalue weighted by molar-refractivity contribution is 0.0972. The van der Waals surface area contributed by atoms with Gasteiger partial charge >= 0.3 is 0 Å². The van der Waals surface area contributed by atoms with Crippen LogP contribution in [-0.2, 0) is 34.8 Å². The van der Waals surface area contributed by atoms with Crippen LogP contribution in [0.1, 0.15) is 126 Å². The highest BCUT2D eigenvalue weighted by Crippen LogP contribution is 2.62. The summed E-state index contributed by atoms with van der Waals surface area (Å²) in [7, 11) is -11.1. The molecular weight excluding hydrogens is 1560 g/mol. The molecule has 1 aliphatic carbocycles. The summed E-state index contributed by atoms with van der Waals surface area (Å²) >= 11 is 0. The quantitative estimate of drug-likeness (QED) is 0.0309. The van der Waals surface area contributed by atoms with Gasteiger partial charge in [-0.1, -0.05) is 80.5 Å². The summed E-state index contributed by atoms with van der Waals surface area (Å²) in [6.45, 7) is 28.2. The van der Waals surface area contributed by atoms with Crippen molar-refractivity contribution in [2.75, 3.05) is 98.1 Å². The third-order valence-corrected chi connectivity index (χ3v) is 24.1. The van der Waals surface area contributed by atoms with Gasteiger partial charge in [-0.25, -0.2) is 57.8 Å². The number of rotatable bonds is 25. The number of sulfonamides is 3. The maximum Gasteiger partial charge on any atom is 0.281 e. The van der Waals surface area contributed by atoms with E-state index >= 15 is 0 Å². The van der Waals surface area contributed by atoms with E-state index < -0.39 is 59.4 Å². The zero-order valence-electron chi connectivity index (χ0n) is 67.4. The molecule has 3 amide bonds. The first-order valence-electron chi connectivity index (χ1n) is 38.4. The fourth-order valence-corrected chi connectivity index (χ4v) is 16.8. The van der Waals surface area contributed by atoms with Crippen molar-refractivity contribution in [2.24, 2.45) is 46.3 Å². The van der Waals surface area contributed by atoms with E-state index in [4.69, 9.17) is 51.1 Å². The zero-order valence-corrected chi connectivity index (χ0v) is 69.8. The number of carbonyl (C=O) groups excluding carboxylic acids is 3. The maximum absolute atomic E-state index is 14.5. The molecule has 3 atom stereocenters. The number of anilines is 6. The van der Waals surface area contributed by atoms with Crippen molar-refractivity contribution in [1.82, 2.24) is 49.1 Å². The Labute approximate surface area is 681 Å². The van der Waals surface area contributed by atoms with Gasteiger partial charge in [0.1, 0.15) is 58.0 Å². The molecule has 0 bridgehead atoms. The van der Waals surface area contributed by atoms with Gasteiger partial charge in [0.25, 0.3) is 47.8 Å². The molecule has 4 fully saturated rings. The number of piperidine rings is 2. The number of benzene rings is 2. The molecule has 622 valence electrons. The number of amides is 3. The van der Waals surface area contributed by atoms with Crippen LogP contribution in [0.2, 0.25) is 0 Å². The summed E-state index contributed by atoms with van der Waals surface area (Å²) in [5.41, 5.74) is 20.6. The van der Waals surface area contributed by atoms with Crippen molar-refractivity contribution in [1.29, 1.82) is 0 Å². The molecule has 34 heteroatoms. The van der Waals surface area contributed by atoms with E-state index in [1.165, 1.54) is 91.0 Å². The molecule has 9 N–H and O–H groups in total. The van der Waals surface area contributed by atoms with Crippen molar-refractivity contribution in [2.45, 2.75) is 117 Å². The number of nitrogens with one attached hydrogen (secondary N) is 3. The molecule has 7 aromatic heterocycles. The Kier molecular flexibility index (Phi) is 26.7. The van der Waals surface area contributed by atoms with Crippen molar-refractivity contribution >= 4 is 82.7 Å². The highest BCUT2D eigenvalue weighted by Gasteiger charge is 2.62. The van der Waals surface area contributed by atoms with Gasteiger partial charge in [-0.2, -0.15) is 25.3 Å². The Morgan fingerprint density at radius 1 is 0.513 bits per heavy atom. The van der Waals surface area contributed by atoms with E-state index in [1.54, 1.807) is 55.8 Å². The van der Waals surface area contributed by atoms with Crippen LogP contribution in [0, 0.1) is 58.0 Å². The molecule has 29 nitrogen and oxygen atoms in total. The Morgan fingerprint density at radius 2 is 0.915 bits per heavy atom. The van der Waals surface area contributed by atoms with Crippen LogP contribution >= 0.6 is 0 Å². The van der Waals surface area contributed by atoms with E-state index in [1.807, 2.05) is 62.3 Å². The zero-order chi connectivity index (χ0) is 84.6. The number of hydrogen-bond donors (Lipinski definition) is 6. The minimum Gasteiger partial charge on any atom is -0.493 e. The molecule has 3 saturated heterocycles. The summed E-state index contributed by atoms with van der Waals surface area (Å²) in [6, 6.07) is 34.3. The molecule has 3 aliphatic heterocycles. The van der Waals surface area contributed by atoms with Crippen molar-refractivity contribution in [3.63, 3.8) is 0 Å². The molecule has 10 heterocycles. The van der Waals surface area contributed by atoms with Crippen LogP contribution in [0.3, 0.4) is 0 Å². The average Bonchev–Trinajstić information content (AvgIpc) is 1.54. The van der Waals surface area contributed by atoms with Crippen LogP contribution in [0.15, 0.2) is 161 Å². The molecule has 117 heavy (non-hydrogen) atoms. The van der Waals surface area contributed by atoms with Gasteiger partial charge in [-0.15, -0.1) is 0 Å². The highest BCUT2D eigenvalue weighted by molar-refractivity contribution is 7.90. The molecule has 13 rings (SSSR count). The van der Waals surface area contributed by atoms with Crippen molar-refractivity contribution < 1.29 is 67.4 Å². The molecule has 3 unspecified atom stereocenters. The molecule has 1 saturated carbocycles. The largest absolute Gasteiger partial charge is 0.493 e. The van der Waals surface area contributed by atoms with E-state index in [9.17, 15) is 48.4 Å². The number of methoxy groups -OCH3 is 1. The SMILES string of the molecule is CC(C)COc1cc(F)cc(-c2ccc(C(=O)NS(=O)(=O)c3cccc(N)n3)c(N3CC4C(C3)C4(C)C)n2)c1.CC(C)COc1cc(F)cc(-c2ccc(C(=O)NS(=O)(=O)c3cccc(N)n3)c(N3CCC(C(C)(C)C)C3)n2)c1.COCC1CCN(c2nc(-c3ccc(OC(C)C)nc3)ccc2C(=O)NS(=O)(=O)c2cccc(N)n2)CC1. The smallest absolute Gasteiger partial charge is 0.281 e. The third-order valence-electron chi connectivity index (χ3n) is 20.4. The van der Waals surface area contributed by atoms with Gasteiger partial charge < -0.3 is 50.8 Å². The number of nitrogen functional groups attached to an aromatic ring is 3. The molecule has 0 radical (unpaired) electrons. The summed E-state index contributed by atoms with van der Waals surface area (Å²) in [6.07, 6.45) is 4.25. The highest BCUT2D eigenvalue weighted by atomic mass is 32.2. The Bertz CT molecular complexity index is 5470. The Hall–Kier alpha value is -11.2. The monoisotopic (exact) mass is 1660 g/mol. The van der Waals surface area contributed by atoms with Gasteiger partial charge in [-0.3, -0.25) is 14.4 Å². The lowest BCUT2D eigenvalue weighted by Gasteiger charge is -2.33. The van der Waals surface area contributed by atoms with Gasteiger partial charge in [0.15, 0.2) is 15.1 Å². The second kappa shape index (κ2) is 36.1. The predicted molar refractivity (Wildman–Crippen MR) is 443 cm³/mol. The first-order valence-corrected chi connectivity index (χ1v) is 42.9. The number of fused-ring (bicyclic) bond motifs is 1. The third kappa shape index (κ3) is 21.9. The minimum atomic E-state index is -4.29. The number of nitrogens with zero attached hydrogens (tertiary/aromatic N) is 10. The summed E-state index contributed by atoms with van der Waals surface area (Å²) in [5, 5.41) is -1.07. The van der Waals surface area contributed by atoms with Crippen molar-refractivity contribution in [3.8, 4) is 51.2 Å². The topological polar surface area (TPSA) is 405 Å². The van der Waals surface area contributed by atoms with Crippen LogP contribution in [-0.4, -0.2) is 150 Å². The van der Waals surface area contributed by atoms with Crippen LogP contribution in [0.4, 0.5) is 43.7 Å². The number of nitrogens with two attached hydrogens (primary N) is 3. The molecule has 4 aliphatic rings. The lowest BCUT2D eigenvalue weighted by Crippen LogP contribution is -2.38. The maximum atomic E-state index is 14.5. The van der Waals surface area contributed by atoms with E-state index in [2.05, 4.69) is 68.7 Å². The fourth-order valence-electron chi connectivity index (χ4n) is 14.0. The van der Waals surface area contributed by atoms with Crippen LogP contribution in [0.5, 0.6) is 17.4 Å². The van der Waals surface area contributed by atoms with Gasteiger partial charge in [0, 0.05) is 94.1 Å². The molecule has 0 spiro atoms. The normalized spacial score (nSPS) is 16.7. The number of ether oxygens (including phenoxy) is 4. The minimum absolute atomic E-state index is 0.00397. The second-order valence-electron chi connectivity index (χ2n) is 32.1. The molecule has 9 aromatic rings. The van der Waals surface area contributed by atoms with E-state index in [0.29, 0.717) is 146 Å². The fraction of sp³-hybridized carbons (Fsp3) is 0.398. The number of halogens is 2. The average molecular weight is 1660 g/mol. The van der Waals surface area contributed by atoms with E-state index in [-0.39, 0.29) is 78.0 Å². The number of carbonyl (C=O) groups is 3. The number of pyridine rings is 7.